The number of rotatable bonds is 3. The maximum atomic E-state index is 13.3. The lowest BCUT2D eigenvalue weighted by Crippen LogP contribution is -2.42. The van der Waals surface area contributed by atoms with Gasteiger partial charge in [-0.15, -0.1) is 24.8 Å². The first kappa shape index (κ1) is 19.0. The lowest BCUT2D eigenvalue weighted by molar-refractivity contribution is -0.118. The van der Waals surface area contributed by atoms with Crippen LogP contribution in [0.4, 0.5) is 15.8 Å². The number of carbonyl (C=O) groups is 1. The van der Waals surface area contributed by atoms with Crippen molar-refractivity contribution in [2.45, 2.75) is 12.8 Å². The van der Waals surface area contributed by atoms with Crippen molar-refractivity contribution in [3.05, 3.63) is 24.0 Å². The summed E-state index contributed by atoms with van der Waals surface area (Å²) >= 11 is 0. The second-order valence-electron chi connectivity index (χ2n) is 4.49. The van der Waals surface area contributed by atoms with Gasteiger partial charge in [0.2, 0.25) is 5.91 Å². The normalized spacial score (nSPS) is 13.2. The van der Waals surface area contributed by atoms with Gasteiger partial charge < -0.3 is 15.5 Å². The molecule has 1 amide bonds. The number of hydrogen-bond acceptors (Lipinski definition) is 3. The number of nitrogens with zero attached hydrogens (tertiary/aromatic N) is 2. The van der Waals surface area contributed by atoms with E-state index in [4.69, 9.17) is 5.73 Å². The standard InChI is InChI=1S/C13H18FN3O.2ClH/c1-16-7-8-17(13(18)3-2-6-15)11-5-4-10(14)9-12(11)16;;/h4-5,9H,2-3,6-8,15H2,1H3;2*1H. The molecule has 0 fully saturated rings. The molecule has 7 heteroatoms. The van der Waals surface area contributed by atoms with Crippen LogP contribution in [-0.2, 0) is 4.79 Å². The molecule has 1 aromatic rings. The summed E-state index contributed by atoms with van der Waals surface area (Å²) in [6.07, 6.45) is 1.12. The molecule has 1 aromatic carbocycles. The molecular formula is C13H20Cl2FN3O. The zero-order valence-electron chi connectivity index (χ0n) is 11.3. The third-order valence-electron chi connectivity index (χ3n) is 3.19. The number of carbonyl (C=O) groups excluding carboxylic acids is 1. The zero-order chi connectivity index (χ0) is 13.1. The van der Waals surface area contributed by atoms with Gasteiger partial charge in [-0.3, -0.25) is 4.79 Å². The van der Waals surface area contributed by atoms with E-state index in [-0.39, 0.29) is 36.5 Å². The van der Waals surface area contributed by atoms with Gasteiger partial charge in [-0.2, -0.15) is 0 Å². The number of nitrogens with two attached hydrogens (primary N) is 1. The van der Waals surface area contributed by atoms with Gasteiger partial charge in [-0.25, -0.2) is 4.39 Å². The minimum Gasteiger partial charge on any atom is -0.371 e. The summed E-state index contributed by atoms with van der Waals surface area (Å²) in [6.45, 7) is 1.86. The van der Waals surface area contributed by atoms with E-state index in [9.17, 15) is 9.18 Å². The number of likely N-dealkylation sites (N-methyl/N-ethyl adjacent to an activating group) is 1. The van der Waals surface area contributed by atoms with E-state index < -0.39 is 0 Å². The van der Waals surface area contributed by atoms with Crippen LogP contribution >= 0.6 is 24.8 Å². The summed E-state index contributed by atoms with van der Waals surface area (Å²) in [4.78, 5) is 15.8. The van der Waals surface area contributed by atoms with Crippen molar-refractivity contribution in [3.63, 3.8) is 0 Å². The van der Waals surface area contributed by atoms with Gasteiger partial charge in [0.15, 0.2) is 0 Å². The number of anilines is 2. The molecule has 0 bridgehead atoms. The SMILES string of the molecule is CN1CCN(C(=O)CCCN)c2ccc(F)cc21.Cl.Cl. The molecule has 2 N–H and O–H groups in total. The van der Waals surface area contributed by atoms with E-state index in [1.165, 1.54) is 12.1 Å². The highest BCUT2D eigenvalue weighted by Gasteiger charge is 2.24. The van der Waals surface area contributed by atoms with E-state index in [0.717, 1.165) is 11.4 Å². The summed E-state index contributed by atoms with van der Waals surface area (Å²) in [5.41, 5.74) is 6.96. The number of hydrogen-bond donors (Lipinski definition) is 1. The van der Waals surface area contributed by atoms with Crippen LogP contribution in [-0.4, -0.2) is 32.6 Å². The first-order valence-electron chi connectivity index (χ1n) is 6.14. The first-order valence-corrected chi connectivity index (χ1v) is 6.14. The Balaban J connectivity index is 0.00000180. The smallest absolute Gasteiger partial charge is 0.227 e. The fourth-order valence-electron chi connectivity index (χ4n) is 2.17. The monoisotopic (exact) mass is 323 g/mol. The highest BCUT2D eigenvalue weighted by Crippen LogP contribution is 2.33. The largest absolute Gasteiger partial charge is 0.371 e. The Morgan fingerprint density at radius 3 is 2.65 bits per heavy atom. The fourth-order valence-corrected chi connectivity index (χ4v) is 2.17. The predicted molar refractivity (Wildman–Crippen MR) is 84.8 cm³/mol. The molecule has 0 radical (unpaired) electrons. The lowest BCUT2D eigenvalue weighted by Gasteiger charge is -2.35. The van der Waals surface area contributed by atoms with Crippen molar-refractivity contribution < 1.29 is 9.18 Å². The maximum Gasteiger partial charge on any atom is 0.227 e. The van der Waals surface area contributed by atoms with Gasteiger partial charge in [0, 0.05) is 26.6 Å². The molecule has 0 atom stereocenters. The van der Waals surface area contributed by atoms with Crippen molar-refractivity contribution in [2.24, 2.45) is 5.73 Å². The van der Waals surface area contributed by atoms with Crippen LogP contribution in [0.5, 0.6) is 0 Å². The molecule has 0 aliphatic carbocycles. The highest BCUT2D eigenvalue weighted by molar-refractivity contribution is 5.97. The summed E-state index contributed by atoms with van der Waals surface area (Å²) < 4.78 is 13.3. The van der Waals surface area contributed by atoms with Crippen molar-refractivity contribution in [2.75, 3.05) is 36.5 Å². The molecule has 1 aliphatic rings. The third-order valence-corrected chi connectivity index (χ3v) is 3.19. The third kappa shape index (κ3) is 3.98. The molecule has 2 rings (SSSR count). The summed E-state index contributed by atoms with van der Waals surface area (Å²) in [6, 6.07) is 4.53. The van der Waals surface area contributed by atoms with Gasteiger partial charge in [0.1, 0.15) is 5.82 Å². The number of fused-ring (bicyclic) bond motifs is 1. The Labute approximate surface area is 130 Å². The zero-order valence-corrected chi connectivity index (χ0v) is 13.0. The Hall–Kier alpha value is -1.04. The van der Waals surface area contributed by atoms with Crippen LogP contribution < -0.4 is 15.5 Å². The van der Waals surface area contributed by atoms with Crippen LogP contribution in [0.15, 0.2) is 18.2 Å². The summed E-state index contributed by atoms with van der Waals surface area (Å²) in [5.74, 6) is -0.224. The van der Waals surface area contributed by atoms with E-state index in [1.807, 2.05) is 11.9 Å². The Bertz CT molecular complexity index is 459. The van der Waals surface area contributed by atoms with E-state index >= 15 is 0 Å². The van der Waals surface area contributed by atoms with Gasteiger partial charge in [-0.05, 0) is 31.2 Å². The fraction of sp³-hybridized carbons (Fsp3) is 0.462. The van der Waals surface area contributed by atoms with E-state index in [1.54, 1.807) is 11.0 Å². The molecule has 1 heterocycles. The Morgan fingerprint density at radius 2 is 2.00 bits per heavy atom. The second kappa shape index (κ2) is 8.29. The molecule has 20 heavy (non-hydrogen) atoms. The molecule has 0 spiro atoms. The van der Waals surface area contributed by atoms with E-state index in [2.05, 4.69) is 0 Å². The maximum absolute atomic E-state index is 13.3. The summed E-state index contributed by atoms with van der Waals surface area (Å²) in [5, 5.41) is 0. The molecule has 0 saturated heterocycles. The van der Waals surface area contributed by atoms with Crippen LogP contribution in [0.1, 0.15) is 12.8 Å². The first-order chi connectivity index (χ1) is 8.63. The molecule has 114 valence electrons. The average molecular weight is 324 g/mol. The minimum absolute atomic E-state index is 0. The Kier molecular flexibility index (Phi) is 7.86. The van der Waals surface area contributed by atoms with Gasteiger partial charge >= 0.3 is 0 Å². The topological polar surface area (TPSA) is 49.6 Å². The van der Waals surface area contributed by atoms with Crippen LogP contribution in [0, 0.1) is 5.82 Å². The number of amides is 1. The van der Waals surface area contributed by atoms with Crippen LogP contribution in [0.25, 0.3) is 0 Å². The molecule has 0 aromatic heterocycles. The molecule has 1 aliphatic heterocycles. The number of benzene rings is 1. The molecule has 4 nitrogen and oxygen atoms in total. The van der Waals surface area contributed by atoms with Crippen LogP contribution in [0.3, 0.4) is 0 Å². The van der Waals surface area contributed by atoms with Crippen LogP contribution in [0.2, 0.25) is 0 Å². The lowest BCUT2D eigenvalue weighted by atomic mass is 10.1. The highest BCUT2D eigenvalue weighted by atomic mass is 35.5. The van der Waals surface area contributed by atoms with Crippen molar-refractivity contribution in [1.82, 2.24) is 0 Å². The second-order valence-corrected chi connectivity index (χ2v) is 4.49. The van der Waals surface area contributed by atoms with Gasteiger partial charge in [0.05, 0.1) is 11.4 Å². The predicted octanol–water partition coefficient (Wildman–Crippen LogP) is 2.19. The molecular weight excluding hydrogens is 304 g/mol. The van der Waals surface area contributed by atoms with E-state index in [0.29, 0.717) is 32.5 Å². The number of halogens is 3. The van der Waals surface area contributed by atoms with Crippen molar-refractivity contribution in [3.8, 4) is 0 Å². The van der Waals surface area contributed by atoms with Gasteiger partial charge in [-0.1, -0.05) is 0 Å². The van der Waals surface area contributed by atoms with Crippen molar-refractivity contribution in [1.29, 1.82) is 0 Å². The Morgan fingerprint density at radius 1 is 1.30 bits per heavy atom. The van der Waals surface area contributed by atoms with Gasteiger partial charge in [0.25, 0.3) is 0 Å². The van der Waals surface area contributed by atoms with Crippen molar-refractivity contribution >= 4 is 42.1 Å². The summed E-state index contributed by atoms with van der Waals surface area (Å²) in [7, 11) is 1.90. The molecule has 0 saturated carbocycles. The molecule has 0 unspecified atom stereocenters. The quantitative estimate of drug-likeness (QED) is 0.927. The average Bonchev–Trinajstić information content (AvgIpc) is 2.37. The minimum atomic E-state index is -0.281.